The van der Waals surface area contributed by atoms with Crippen LogP contribution in [0.15, 0.2) is 97.3 Å². The minimum Gasteiger partial charge on any atom is -0.341 e. The first kappa shape index (κ1) is 31.5. The molecule has 3 aromatic carbocycles. The molecule has 0 spiro atoms. The maximum absolute atomic E-state index is 13.0. The van der Waals surface area contributed by atoms with Crippen LogP contribution in [0.25, 0.3) is 0 Å². The Morgan fingerprint density at radius 3 is 1.83 bits per heavy atom. The van der Waals surface area contributed by atoms with E-state index in [2.05, 4.69) is 109 Å². The smallest absolute Gasteiger partial charge is 0.239 e. The highest BCUT2D eigenvalue weighted by molar-refractivity contribution is 5.85. The predicted octanol–water partition coefficient (Wildman–Crippen LogP) is 7.01. The molecule has 5 nitrogen and oxygen atoms in total. The van der Waals surface area contributed by atoms with Gasteiger partial charge in [-0.05, 0) is 61.1 Å². The van der Waals surface area contributed by atoms with E-state index >= 15 is 0 Å². The molecule has 42 heavy (non-hydrogen) atoms. The summed E-state index contributed by atoms with van der Waals surface area (Å²) in [4.78, 5) is 20.0. The minimum atomic E-state index is -0.572. The molecule has 0 radical (unpaired) electrons. The van der Waals surface area contributed by atoms with Crippen LogP contribution in [-0.4, -0.2) is 39.5 Å². The van der Waals surface area contributed by atoms with Crippen molar-refractivity contribution in [2.24, 2.45) is 11.7 Å². The zero-order chi connectivity index (χ0) is 28.7. The van der Waals surface area contributed by atoms with Gasteiger partial charge in [0.1, 0.15) is 5.54 Å². The van der Waals surface area contributed by atoms with Crippen LogP contribution < -0.4 is 5.73 Å². The van der Waals surface area contributed by atoms with Crippen molar-refractivity contribution < 1.29 is 4.79 Å². The van der Waals surface area contributed by atoms with Crippen molar-refractivity contribution in [1.82, 2.24) is 14.5 Å². The van der Waals surface area contributed by atoms with Crippen molar-refractivity contribution in [3.63, 3.8) is 0 Å². The Kier molecular flexibility index (Phi) is 11.0. The SMILES string of the molecule is CCc1c(CCCC(N)C(=O)N2CCC(CC)CC2)ncn1C(c1ccccc1)(c1ccccc1)c1ccccc1.Cl. The largest absolute Gasteiger partial charge is 0.341 e. The van der Waals surface area contributed by atoms with Gasteiger partial charge in [0.05, 0.1) is 18.1 Å². The summed E-state index contributed by atoms with van der Waals surface area (Å²) in [5.74, 6) is 0.852. The average molecular weight is 585 g/mol. The van der Waals surface area contributed by atoms with E-state index in [0.717, 1.165) is 56.8 Å². The van der Waals surface area contributed by atoms with Crippen LogP contribution >= 0.6 is 12.4 Å². The molecule has 222 valence electrons. The fourth-order valence-corrected chi connectivity index (χ4v) is 6.65. The van der Waals surface area contributed by atoms with Gasteiger partial charge in [0.2, 0.25) is 5.91 Å². The summed E-state index contributed by atoms with van der Waals surface area (Å²) in [7, 11) is 0. The van der Waals surface area contributed by atoms with E-state index in [0.29, 0.717) is 6.42 Å². The number of halogens is 1. The Hall–Kier alpha value is -3.41. The molecular formula is C36H45ClN4O. The van der Waals surface area contributed by atoms with Gasteiger partial charge in [0, 0.05) is 18.8 Å². The number of carbonyl (C=O) groups excluding carboxylic acids is 1. The maximum atomic E-state index is 13.0. The lowest BCUT2D eigenvalue weighted by Crippen LogP contribution is -2.47. The number of carbonyl (C=O) groups is 1. The molecule has 0 bridgehead atoms. The average Bonchev–Trinajstić information content (AvgIpc) is 3.45. The highest BCUT2D eigenvalue weighted by atomic mass is 35.5. The number of aryl methyl sites for hydroxylation is 1. The zero-order valence-electron chi connectivity index (χ0n) is 25.0. The molecule has 0 saturated carbocycles. The normalized spacial score (nSPS) is 14.8. The molecule has 4 aromatic rings. The Morgan fingerprint density at radius 2 is 1.38 bits per heavy atom. The van der Waals surface area contributed by atoms with Crippen LogP contribution in [0, 0.1) is 5.92 Å². The number of hydrogen-bond acceptors (Lipinski definition) is 3. The quantitative estimate of drug-likeness (QED) is 0.193. The van der Waals surface area contributed by atoms with Gasteiger partial charge >= 0.3 is 0 Å². The van der Waals surface area contributed by atoms with Crippen LogP contribution in [-0.2, 0) is 23.2 Å². The summed E-state index contributed by atoms with van der Waals surface area (Å²) < 4.78 is 2.38. The summed E-state index contributed by atoms with van der Waals surface area (Å²) in [5, 5.41) is 0. The van der Waals surface area contributed by atoms with Gasteiger partial charge in [0.15, 0.2) is 0 Å². The summed E-state index contributed by atoms with van der Waals surface area (Å²) in [6, 6.07) is 31.7. The third-order valence-corrected chi connectivity index (χ3v) is 8.97. The van der Waals surface area contributed by atoms with Crippen molar-refractivity contribution in [2.75, 3.05) is 13.1 Å². The molecule has 1 amide bonds. The standard InChI is InChI=1S/C36H44N4O.ClH/c1-3-28-23-25-39(26-24-28)35(41)32(37)21-14-22-33-34(4-2)40(27-38-33)36(29-15-8-5-9-16-29,30-17-10-6-11-18-30)31-19-12-7-13-20-31;/h5-13,15-20,27-28,32H,3-4,14,21-26,37H2,1-2H3;1H. The van der Waals surface area contributed by atoms with E-state index in [4.69, 9.17) is 10.7 Å². The topological polar surface area (TPSA) is 64.2 Å². The predicted molar refractivity (Wildman–Crippen MR) is 174 cm³/mol. The van der Waals surface area contributed by atoms with Crippen LogP contribution in [0.4, 0.5) is 0 Å². The second kappa shape index (κ2) is 14.7. The number of piperidine rings is 1. The molecular weight excluding hydrogens is 540 g/mol. The van der Waals surface area contributed by atoms with Gasteiger partial charge in [-0.3, -0.25) is 4.79 Å². The van der Waals surface area contributed by atoms with E-state index in [1.165, 1.54) is 28.8 Å². The first-order valence-corrected chi connectivity index (χ1v) is 15.4. The first-order valence-electron chi connectivity index (χ1n) is 15.4. The molecule has 1 unspecified atom stereocenters. The molecule has 1 aliphatic heterocycles. The molecule has 1 atom stereocenters. The van der Waals surface area contributed by atoms with Gasteiger partial charge in [-0.25, -0.2) is 4.98 Å². The molecule has 0 aliphatic carbocycles. The third-order valence-electron chi connectivity index (χ3n) is 8.97. The van der Waals surface area contributed by atoms with Crippen molar-refractivity contribution in [3.05, 3.63) is 125 Å². The van der Waals surface area contributed by atoms with Crippen LogP contribution in [0.5, 0.6) is 0 Å². The fourth-order valence-electron chi connectivity index (χ4n) is 6.65. The Labute approximate surface area is 257 Å². The number of amides is 1. The Morgan fingerprint density at radius 1 is 0.881 bits per heavy atom. The monoisotopic (exact) mass is 584 g/mol. The first-order chi connectivity index (χ1) is 20.1. The molecule has 2 N–H and O–H groups in total. The molecule has 1 fully saturated rings. The Balaban J connectivity index is 0.00000405. The van der Waals surface area contributed by atoms with E-state index in [-0.39, 0.29) is 18.3 Å². The van der Waals surface area contributed by atoms with Gasteiger partial charge < -0.3 is 15.2 Å². The number of imidazole rings is 1. The lowest BCUT2D eigenvalue weighted by Gasteiger charge is -2.38. The van der Waals surface area contributed by atoms with E-state index in [9.17, 15) is 4.79 Å². The van der Waals surface area contributed by atoms with Crippen molar-refractivity contribution in [3.8, 4) is 0 Å². The second-order valence-corrected chi connectivity index (χ2v) is 11.3. The number of benzene rings is 3. The van der Waals surface area contributed by atoms with E-state index in [1.54, 1.807) is 0 Å². The molecule has 1 saturated heterocycles. The van der Waals surface area contributed by atoms with Gasteiger partial charge in [0.25, 0.3) is 0 Å². The van der Waals surface area contributed by atoms with Crippen molar-refractivity contribution >= 4 is 18.3 Å². The molecule has 2 heterocycles. The zero-order valence-corrected chi connectivity index (χ0v) is 25.8. The lowest BCUT2D eigenvalue weighted by molar-refractivity contribution is -0.134. The summed E-state index contributed by atoms with van der Waals surface area (Å²) in [6.07, 6.45) is 8.55. The molecule has 1 aromatic heterocycles. The molecule has 1 aliphatic rings. The van der Waals surface area contributed by atoms with Gasteiger partial charge in [-0.15, -0.1) is 12.4 Å². The molecule has 6 heteroatoms. The van der Waals surface area contributed by atoms with E-state index < -0.39 is 11.6 Å². The maximum Gasteiger partial charge on any atom is 0.239 e. The lowest BCUT2D eigenvalue weighted by atomic mass is 9.76. The van der Waals surface area contributed by atoms with Gasteiger partial charge in [-0.2, -0.15) is 0 Å². The van der Waals surface area contributed by atoms with Crippen molar-refractivity contribution in [1.29, 1.82) is 0 Å². The van der Waals surface area contributed by atoms with Crippen LogP contribution in [0.3, 0.4) is 0 Å². The number of aromatic nitrogens is 2. The van der Waals surface area contributed by atoms with Crippen molar-refractivity contribution in [2.45, 2.75) is 70.4 Å². The van der Waals surface area contributed by atoms with E-state index in [1.807, 2.05) is 11.2 Å². The number of likely N-dealkylation sites (tertiary alicyclic amines) is 1. The third kappa shape index (κ3) is 6.33. The Bertz CT molecular complexity index is 1290. The van der Waals surface area contributed by atoms with Crippen LogP contribution in [0.2, 0.25) is 0 Å². The second-order valence-electron chi connectivity index (χ2n) is 11.3. The minimum absolute atomic E-state index is 0. The number of nitrogens with zero attached hydrogens (tertiary/aromatic N) is 3. The van der Waals surface area contributed by atoms with Gasteiger partial charge in [-0.1, -0.05) is 111 Å². The summed E-state index contributed by atoms with van der Waals surface area (Å²) in [5.41, 5.74) is 11.7. The summed E-state index contributed by atoms with van der Waals surface area (Å²) >= 11 is 0. The highest BCUT2D eigenvalue weighted by Crippen LogP contribution is 2.42. The molecule has 5 rings (SSSR count). The summed E-state index contributed by atoms with van der Waals surface area (Å²) in [6.45, 7) is 6.13. The number of hydrogen-bond donors (Lipinski definition) is 1. The fraction of sp³-hybridized carbons (Fsp3) is 0.389. The number of rotatable bonds is 11. The van der Waals surface area contributed by atoms with Crippen LogP contribution in [0.1, 0.15) is 74.0 Å². The highest BCUT2D eigenvalue weighted by Gasteiger charge is 2.40. The number of nitrogens with two attached hydrogens (primary N) is 1.